The number of hydrogen-bond acceptors (Lipinski definition) is 4. The van der Waals surface area contributed by atoms with E-state index in [1.165, 1.54) is 0 Å². The van der Waals surface area contributed by atoms with E-state index in [-0.39, 0.29) is 0 Å². The van der Waals surface area contributed by atoms with Gasteiger partial charge in [0.05, 0.1) is 12.7 Å². The fourth-order valence-electron chi connectivity index (χ4n) is 2.37. The van der Waals surface area contributed by atoms with Crippen LogP contribution in [0.4, 0.5) is 5.69 Å². The minimum atomic E-state index is -0.470. The van der Waals surface area contributed by atoms with Crippen molar-refractivity contribution in [2.45, 2.75) is 18.9 Å². The van der Waals surface area contributed by atoms with Crippen LogP contribution in [0.15, 0.2) is 18.2 Å². The molecular weight excluding hydrogens is 242 g/mol. The maximum absolute atomic E-state index is 11.2. The van der Waals surface area contributed by atoms with Crippen LogP contribution in [-0.4, -0.2) is 44.1 Å². The fourth-order valence-corrected chi connectivity index (χ4v) is 2.37. The highest BCUT2D eigenvalue weighted by Crippen LogP contribution is 2.24. The van der Waals surface area contributed by atoms with Crippen molar-refractivity contribution >= 4 is 11.6 Å². The zero-order valence-electron chi connectivity index (χ0n) is 11.5. The molecule has 1 aliphatic rings. The third-order valence-electron chi connectivity index (χ3n) is 3.56. The van der Waals surface area contributed by atoms with Crippen LogP contribution in [0, 0.1) is 0 Å². The molecule has 1 aliphatic heterocycles. The summed E-state index contributed by atoms with van der Waals surface area (Å²) in [4.78, 5) is 13.6. The molecule has 1 aromatic carbocycles. The summed E-state index contributed by atoms with van der Waals surface area (Å²) in [6.45, 7) is 2.21. The molecule has 0 aliphatic carbocycles. The molecule has 5 heteroatoms. The number of benzene rings is 1. The highest BCUT2D eigenvalue weighted by molar-refractivity contribution is 5.96. The number of carbonyl (C=O) groups is 1. The molecule has 0 spiro atoms. The number of amides is 1. The summed E-state index contributed by atoms with van der Waals surface area (Å²) < 4.78 is 5.20. The Bertz CT molecular complexity index is 454. The van der Waals surface area contributed by atoms with Crippen molar-refractivity contribution in [2.24, 2.45) is 5.73 Å². The summed E-state index contributed by atoms with van der Waals surface area (Å²) in [6.07, 6.45) is 2.24. The molecule has 0 atom stereocenters. The normalized spacial score (nSPS) is 17.2. The van der Waals surface area contributed by atoms with Crippen molar-refractivity contribution in [3.63, 3.8) is 0 Å². The number of carbonyl (C=O) groups excluding carboxylic acids is 1. The van der Waals surface area contributed by atoms with Crippen LogP contribution in [0.2, 0.25) is 0 Å². The SMILES string of the molecule is COc1cc(NC2CCN(C)CC2)ccc1C(N)=O. The van der Waals surface area contributed by atoms with Crippen LogP contribution in [0.3, 0.4) is 0 Å². The molecule has 0 bridgehead atoms. The van der Waals surface area contributed by atoms with Crippen LogP contribution < -0.4 is 15.8 Å². The van der Waals surface area contributed by atoms with Gasteiger partial charge in [0.1, 0.15) is 5.75 Å². The first-order valence-corrected chi connectivity index (χ1v) is 6.53. The highest BCUT2D eigenvalue weighted by atomic mass is 16.5. The van der Waals surface area contributed by atoms with E-state index in [0.717, 1.165) is 31.6 Å². The lowest BCUT2D eigenvalue weighted by molar-refractivity contribution is 0.0997. The smallest absolute Gasteiger partial charge is 0.252 e. The van der Waals surface area contributed by atoms with Crippen LogP contribution in [0.25, 0.3) is 0 Å². The van der Waals surface area contributed by atoms with Crippen LogP contribution in [0.5, 0.6) is 5.75 Å². The summed E-state index contributed by atoms with van der Waals surface area (Å²) in [5.74, 6) is 0.0492. The molecule has 1 amide bonds. The lowest BCUT2D eigenvalue weighted by Crippen LogP contribution is -2.36. The zero-order chi connectivity index (χ0) is 13.8. The van der Waals surface area contributed by atoms with E-state index in [4.69, 9.17) is 10.5 Å². The van der Waals surface area contributed by atoms with Crippen LogP contribution in [-0.2, 0) is 0 Å². The summed E-state index contributed by atoms with van der Waals surface area (Å²) in [6, 6.07) is 5.89. The molecule has 0 aromatic heterocycles. The van der Waals surface area contributed by atoms with Crippen molar-refractivity contribution in [3.05, 3.63) is 23.8 Å². The quantitative estimate of drug-likeness (QED) is 0.859. The van der Waals surface area contributed by atoms with Crippen molar-refractivity contribution in [1.29, 1.82) is 0 Å². The first-order valence-electron chi connectivity index (χ1n) is 6.53. The predicted molar refractivity (Wildman–Crippen MR) is 75.7 cm³/mol. The molecular formula is C14H21N3O2. The van der Waals surface area contributed by atoms with Gasteiger partial charge >= 0.3 is 0 Å². The van der Waals surface area contributed by atoms with E-state index < -0.39 is 5.91 Å². The maximum Gasteiger partial charge on any atom is 0.252 e. The van der Waals surface area contributed by atoms with Crippen molar-refractivity contribution < 1.29 is 9.53 Å². The Morgan fingerprint density at radius 3 is 2.68 bits per heavy atom. The molecule has 0 saturated carbocycles. The lowest BCUT2D eigenvalue weighted by Gasteiger charge is -2.30. The topological polar surface area (TPSA) is 67.6 Å². The van der Waals surface area contributed by atoms with Crippen molar-refractivity contribution in [2.75, 3.05) is 32.6 Å². The Balaban J connectivity index is 2.07. The van der Waals surface area contributed by atoms with Gasteiger partial charge in [-0.05, 0) is 45.1 Å². The van der Waals surface area contributed by atoms with Crippen LogP contribution >= 0.6 is 0 Å². The minimum absolute atomic E-state index is 0.413. The molecule has 104 valence electrons. The molecule has 19 heavy (non-hydrogen) atoms. The van der Waals surface area contributed by atoms with Gasteiger partial charge in [0.15, 0.2) is 0 Å². The number of nitrogens with one attached hydrogen (secondary N) is 1. The van der Waals surface area contributed by atoms with Gasteiger partial charge < -0.3 is 20.7 Å². The van der Waals surface area contributed by atoms with E-state index in [1.807, 2.05) is 12.1 Å². The summed E-state index contributed by atoms with van der Waals surface area (Å²) in [7, 11) is 3.68. The average Bonchev–Trinajstić information content (AvgIpc) is 2.41. The second-order valence-electron chi connectivity index (χ2n) is 5.00. The summed E-state index contributed by atoms with van der Waals surface area (Å²) in [5.41, 5.74) is 6.68. The molecule has 0 unspecified atom stereocenters. The Labute approximate surface area is 113 Å². The van der Waals surface area contributed by atoms with Crippen molar-refractivity contribution in [1.82, 2.24) is 4.90 Å². The molecule has 2 rings (SSSR count). The number of anilines is 1. The van der Waals surface area contributed by atoms with Crippen LogP contribution in [0.1, 0.15) is 23.2 Å². The van der Waals surface area contributed by atoms with Gasteiger partial charge in [0.25, 0.3) is 5.91 Å². The van der Waals surface area contributed by atoms with Gasteiger partial charge in [0.2, 0.25) is 0 Å². The second kappa shape index (κ2) is 5.93. The average molecular weight is 263 g/mol. The molecule has 3 N–H and O–H groups in total. The number of nitrogens with zero attached hydrogens (tertiary/aromatic N) is 1. The first-order chi connectivity index (χ1) is 9.10. The lowest BCUT2D eigenvalue weighted by atomic mass is 10.0. The second-order valence-corrected chi connectivity index (χ2v) is 5.00. The molecule has 1 saturated heterocycles. The van der Waals surface area contributed by atoms with Gasteiger partial charge in [-0.1, -0.05) is 0 Å². The Morgan fingerprint density at radius 2 is 2.11 bits per heavy atom. The number of primary amides is 1. The zero-order valence-corrected chi connectivity index (χ0v) is 11.5. The van der Waals surface area contributed by atoms with Gasteiger partial charge in [-0.3, -0.25) is 4.79 Å². The summed E-state index contributed by atoms with van der Waals surface area (Å²) in [5, 5.41) is 3.48. The number of methoxy groups -OCH3 is 1. The third-order valence-corrected chi connectivity index (χ3v) is 3.56. The molecule has 1 heterocycles. The van der Waals surface area contributed by atoms with Crippen molar-refractivity contribution in [3.8, 4) is 5.75 Å². The number of piperidine rings is 1. The first kappa shape index (κ1) is 13.7. The monoisotopic (exact) mass is 263 g/mol. The predicted octanol–water partition coefficient (Wildman–Crippen LogP) is 1.30. The highest BCUT2D eigenvalue weighted by Gasteiger charge is 2.17. The Morgan fingerprint density at radius 1 is 1.42 bits per heavy atom. The fraction of sp³-hybridized carbons (Fsp3) is 0.500. The number of ether oxygens (including phenoxy) is 1. The maximum atomic E-state index is 11.2. The third kappa shape index (κ3) is 3.38. The van der Waals surface area contributed by atoms with Gasteiger partial charge in [-0.2, -0.15) is 0 Å². The number of rotatable bonds is 4. The van der Waals surface area contributed by atoms with E-state index in [1.54, 1.807) is 13.2 Å². The van der Waals surface area contributed by atoms with E-state index in [9.17, 15) is 4.79 Å². The van der Waals surface area contributed by atoms with Gasteiger partial charge in [-0.25, -0.2) is 0 Å². The standard InChI is InChI=1S/C14H21N3O2/c1-17-7-5-10(6-8-17)16-11-3-4-12(14(15)18)13(9-11)19-2/h3-4,9-10,16H,5-8H2,1-2H3,(H2,15,18). The van der Waals surface area contributed by atoms with Gasteiger partial charge in [0, 0.05) is 17.8 Å². The number of hydrogen-bond donors (Lipinski definition) is 2. The summed E-state index contributed by atoms with van der Waals surface area (Å²) >= 11 is 0. The number of nitrogens with two attached hydrogens (primary N) is 1. The Hall–Kier alpha value is -1.75. The Kier molecular flexibility index (Phi) is 4.27. The number of likely N-dealkylation sites (tertiary alicyclic amines) is 1. The largest absolute Gasteiger partial charge is 0.496 e. The molecule has 1 fully saturated rings. The molecule has 1 aromatic rings. The van der Waals surface area contributed by atoms with Gasteiger partial charge in [-0.15, -0.1) is 0 Å². The minimum Gasteiger partial charge on any atom is -0.496 e. The van der Waals surface area contributed by atoms with E-state index >= 15 is 0 Å². The van der Waals surface area contributed by atoms with E-state index in [2.05, 4.69) is 17.3 Å². The van der Waals surface area contributed by atoms with E-state index in [0.29, 0.717) is 17.4 Å². The molecule has 0 radical (unpaired) electrons. The molecule has 5 nitrogen and oxygen atoms in total.